The number of hydrogen-bond donors (Lipinski definition) is 1. The predicted octanol–water partition coefficient (Wildman–Crippen LogP) is 2.19. The minimum absolute atomic E-state index is 0.423. The molecule has 4 nitrogen and oxygen atoms in total. The molecule has 2 aromatic rings. The third kappa shape index (κ3) is 3.81. The maximum atomic E-state index is 11.2. The van der Waals surface area contributed by atoms with Gasteiger partial charge in [-0.3, -0.25) is 9.78 Å². The number of rotatable bonds is 6. The van der Waals surface area contributed by atoms with Gasteiger partial charge >= 0.3 is 0 Å². The topological polar surface area (TPSA) is 65.2 Å². The van der Waals surface area contributed by atoms with Gasteiger partial charge < -0.3 is 10.5 Å². The molecule has 4 heteroatoms. The quantitative estimate of drug-likeness (QED) is 0.806. The number of benzene rings is 1. The predicted molar refractivity (Wildman–Crippen MR) is 73.0 cm³/mol. The summed E-state index contributed by atoms with van der Waals surface area (Å²) in [6.45, 7) is 0.548. The summed E-state index contributed by atoms with van der Waals surface area (Å²) in [5.74, 6) is 0.0782. The highest BCUT2D eigenvalue weighted by molar-refractivity contribution is 5.95. The first-order chi connectivity index (χ1) is 9.27. The molecule has 0 fully saturated rings. The monoisotopic (exact) mass is 256 g/mol. The lowest BCUT2D eigenvalue weighted by atomic mass is 10.1. The Hall–Kier alpha value is -2.36. The maximum Gasteiger partial charge on any atom is 0.252 e. The van der Waals surface area contributed by atoms with Crippen LogP contribution in [0.5, 0.6) is 5.75 Å². The third-order valence-electron chi connectivity index (χ3n) is 2.77. The van der Waals surface area contributed by atoms with Crippen molar-refractivity contribution >= 4 is 5.91 Å². The van der Waals surface area contributed by atoms with Gasteiger partial charge in [0.25, 0.3) is 5.91 Å². The van der Waals surface area contributed by atoms with Crippen LogP contribution in [-0.2, 0) is 6.42 Å². The molecule has 1 aromatic carbocycles. The Morgan fingerprint density at radius 2 is 1.89 bits per heavy atom. The standard InChI is InChI=1S/C15H16N2O2/c16-15(18)13-5-1-2-6-14(13)19-11-3-4-12-7-9-17-10-8-12/h1-2,5-10H,3-4,11H2,(H2,16,18). The van der Waals surface area contributed by atoms with Crippen molar-refractivity contribution in [1.29, 1.82) is 0 Å². The molecule has 2 N–H and O–H groups in total. The number of nitrogens with two attached hydrogens (primary N) is 1. The van der Waals surface area contributed by atoms with Crippen molar-refractivity contribution in [2.24, 2.45) is 5.73 Å². The van der Waals surface area contributed by atoms with Crippen molar-refractivity contribution in [3.63, 3.8) is 0 Å². The zero-order chi connectivity index (χ0) is 13.5. The first-order valence-electron chi connectivity index (χ1n) is 6.18. The van der Waals surface area contributed by atoms with E-state index < -0.39 is 5.91 Å². The summed E-state index contributed by atoms with van der Waals surface area (Å²) in [4.78, 5) is 15.2. The van der Waals surface area contributed by atoms with Gasteiger partial charge in [0.05, 0.1) is 12.2 Å². The highest BCUT2D eigenvalue weighted by Crippen LogP contribution is 2.17. The highest BCUT2D eigenvalue weighted by atomic mass is 16.5. The number of hydrogen-bond acceptors (Lipinski definition) is 3. The summed E-state index contributed by atoms with van der Waals surface area (Å²) in [7, 11) is 0. The third-order valence-corrected chi connectivity index (χ3v) is 2.77. The van der Waals surface area contributed by atoms with Gasteiger partial charge in [0.2, 0.25) is 0 Å². The zero-order valence-electron chi connectivity index (χ0n) is 10.6. The van der Waals surface area contributed by atoms with Crippen molar-refractivity contribution in [3.8, 4) is 5.75 Å². The van der Waals surface area contributed by atoms with Gasteiger partial charge in [-0.1, -0.05) is 12.1 Å². The fourth-order valence-electron chi connectivity index (χ4n) is 1.80. The van der Waals surface area contributed by atoms with E-state index in [4.69, 9.17) is 10.5 Å². The summed E-state index contributed by atoms with van der Waals surface area (Å²) in [5, 5.41) is 0. The second-order valence-corrected chi connectivity index (χ2v) is 4.17. The van der Waals surface area contributed by atoms with Crippen LogP contribution in [0.15, 0.2) is 48.8 Å². The average Bonchev–Trinajstić information content (AvgIpc) is 2.45. The van der Waals surface area contributed by atoms with Crippen molar-refractivity contribution in [1.82, 2.24) is 4.98 Å². The van der Waals surface area contributed by atoms with Crippen LogP contribution in [0, 0.1) is 0 Å². The Bertz CT molecular complexity index is 541. The number of aromatic nitrogens is 1. The minimum atomic E-state index is -0.468. The number of carbonyl (C=O) groups excluding carboxylic acids is 1. The number of aryl methyl sites for hydroxylation is 1. The molecule has 0 bridgehead atoms. The number of primary amides is 1. The van der Waals surface area contributed by atoms with Gasteiger partial charge in [0.15, 0.2) is 0 Å². The molecular formula is C15H16N2O2. The second kappa shape index (κ2) is 6.54. The van der Waals surface area contributed by atoms with Gasteiger partial charge in [-0.25, -0.2) is 0 Å². The average molecular weight is 256 g/mol. The number of ether oxygens (including phenoxy) is 1. The Kier molecular flexibility index (Phi) is 4.50. The summed E-state index contributed by atoms with van der Waals surface area (Å²) < 4.78 is 5.60. The lowest BCUT2D eigenvalue weighted by molar-refractivity contribution is 0.0996. The fraction of sp³-hybridized carbons (Fsp3) is 0.200. The van der Waals surface area contributed by atoms with Crippen LogP contribution in [0.4, 0.5) is 0 Å². The summed E-state index contributed by atoms with van der Waals surface area (Å²) >= 11 is 0. The minimum Gasteiger partial charge on any atom is -0.493 e. The Morgan fingerprint density at radius 1 is 1.16 bits per heavy atom. The summed E-state index contributed by atoms with van der Waals surface area (Å²) in [6, 6.07) is 11.0. The van der Waals surface area contributed by atoms with Crippen LogP contribution in [0.3, 0.4) is 0 Å². The zero-order valence-corrected chi connectivity index (χ0v) is 10.6. The number of nitrogens with zero attached hydrogens (tertiary/aromatic N) is 1. The number of carbonyl (C=O) groups is 1. The Balaban J connectivity index is 1.85. The highest BCUT2D eigenvalue weighted by Gasteiger charge is 2.07. The maximum absolute atomic E-state index is 11.2. The lowest BCUT2D eigenvalue weighted by Gasteiger charge is -2.09. The largest absolute Gasteiger partial charge is 0.493 e. The number of amides is 1. The first-order valence-corrected chi connectivity index (χ1v) is 6.18. The van der Waals surface area contributed by atoms with Gasteiger partial charge in [-0.2, -0.15) is 0 Å². The molecule has 0 unspecified atom stereocenters. The van der Waals surface area contributed by atoms with E-state index in [1.54, 1.807) is 30.6 Å². The normalized spacial score (nSPS) is 10.1. The van der Waals surface area contributed by atoms with E-state index in [2.05, 4.69) is 4.98 Å². The lowest BCUT2D eigenvalue weighted by Crippen LogP contribution is -2.13. The molecule has 98 valence electrons. The molecule has 0 atom stereocenters. The van der Waals surface area contributed by atoms with Crippen LogP contribution in [0.25, 0.3) is 0 Å². The molecule has 1 amide bonds. The first kappa shape index (κ1) is 13.1. The molecule has 0 radical (unpaired) electrons. The Labute approximate surface area is 112 Å². The summed E-state index contributed by atoms with van der Waals surface area (Å²) in [5.41, 5.74) is 6.93. The van der Waals surface area contributed by atoms with Crippen LogP contribution in [-0.4, -0.2) is 17.5 Å². The van der Waals surface area contributed by atoms with Gasteiger partial charge in [0.1, 0.15) is 5.75 Å². The van der Waals surface area contributed by atoms with E-state index in [0.29, 0.717) is 17.9 Å². The van der Waals surface area contributed by atoms with Gasteiger partial charge in [-0.15, -0.1) is 0 Å². The van der Waals surface area contributed by atoms with Crippen LogP contribution in [0.1, 0.15) is 22.3 Å². The number of para-hydroxylation sites is 1. The van der Waals surface area contributed by atoms with E-state index >= 15 is 0 Å². The molecule has 0 aliphatic heterocycles. The molecule has 0 saturated heterocycles. The van der Waals surface area contributed by atoms with Crippen LogP contribution in [0.2, 0.25) is 0 Å². The smallest absolute Gasteiger partial charge is 0.252 e. The van der Waals surface area contributed by atoms with E-state index in [-0.39, 0.29) is 0 Å². The summed E-state index contributed by atoms with van der Waals surface area (Å²) in [6.07, 6.45) is 5.34. The van der Waals surface area contributed by atoms with Gasteiger partial charge in [0, 0.05) is 12.4 Å². The molecular weight excluding hydrogens is 240 g/mol. The van der Waals surface area contributed by atoms with Crippen molar-refractivity contribution < 1.29 is 9.53 Å². The number of pyridine rings is 1. The Morgan fingerprint density at radius 3 is 2.63 bits per heavy atom. The van der Waals surface area contributed by atoms with Crippen LogP contribution < -0.4 is 10.5 Å². The van der Waals surface area contributed by atoms with E-state index in [0.717, 1.165) is 12.8 Å². The molecule has 1 aromatic heterocycles. The SMILES string of the molecule is NC(=O)c1ccccc1OCCCc1ccncc1. The van der Waals surface area contributed by atoms with Crippen molar-refractivity contribution in [3.05, 3.63) is 59.9 Å². The molecule has 0 saturated carbocycles. The van der Waals surface area contributed by atoms with E-state index in [1.807, 2.05) is 18.2 Å². The molecule has 2 rings (SSSR count). The fourth-order valence-corrected chi connectivity index (χ4v) is 1.80. The molecule has 19 heavy (non-hydrogen) atoms. The molecule has 0 aliphatic rings. The second-order valence-electron chi connectivity index (χ2n) is 4.17. The van der Waals surface area contributed by atoms with Gasteiger partial charge in [-0.05, 0) is 42.7 Å². The molecule has 0 aliphatic carbocycles. The van der Waals surface area contributed by atoms with Crippen molar-refractivity contribution in [2.75, 3.05) is 6.61 Å². The van der Waals surface area contributed by atoms with E-state index in [1.165, 1.54) is 5.56 Å². The van der Waals surface area contributed by atoms with E-state index in [9.17, 15) is 4.79 Å². The molecule has 0 spiro atoms. The van der Waals surface area contributed by atoms with Crippen molar-refractivity contribution in [2.45, 2.75) is 12.8 Å². The molecule has 1 heterocycles. The van der Waals surface area contributed by atoms with Crippen LogP contribution >= 0.6 is 0 Å².